The van der Waals surface area contributed by atoms with Gasteiger partial charge in [0.25, 0.3) is 0 Å². The molecule has 0 aliphatic carbocycles. The molecule has 0 radical (unpaired) electrons. The highest BCUT2D eigenvalue weighted by atomic mass is 28.5. The van der Waals surface area contributed by atoms with Gasteiger partial charge in [-0.2, -0.15) is 9.32 Å². The lowest BCUT2D eigenvalue weighted by Gasteiger charge is -2.36. The van der Waals surface area contributed by atoms with Crippen molar-refractivity contribution in [3.8, 4) is 0 Å². The SMILES string of the molecule is CC(C)(C)O[Si](C)(N=C=O)O[Si](C)(N=C=O)OC(C)(C)C. The molecular weight excluding hydrogens is 308 g/mol. The predicted octanol–water partition coefficient (Wildman–Crippen LogP) is 2.44. The smallest absolute Gasteiger partial charge is 0.379 e. The summed E-state index contributed by atoms with van der Waals surface area (Å²) < 4.78 is 24.8. The molecule has 0 rings (SSSR count). The fraction of sp³-hybridized carbons (Fsp3) is 0.833. The molecule has 9 heteroatoms. The Bertz CT molecular complexity index is 419. The van der Waals surface area contributed by atoms with Gasteiger partial charge in [-0.05, 0) is 41.5 Å². The average molecular weight is 333 g/mol. The molecule has 0 N–H and O–H groups in total. The molecule has 0 aliphatic rings. The summed E-state index contributed by atoms with van der Waals surface area (Å²) >= 11 is 0. The Labute approximate surface area is 128 Å². The molecule has 21 heavy (non-hydrogen) atoms. The Morgan fingerprint density at radius 2 is 1.05 bits per heavy atom. The molecule has 2 atom stereocenters. The van der Waals surface area contributed by atoms with Crippen LogP contribution < -0.4 is 0 Å². The molecule has 0 amide bonds. The van der Waals surface area contributed by atoms with Gasteiger partial charge < -0.3 is 13.0 Å². The van der Waals surface area contributed by atoms with E-state index in [1.54, 1.807) is 13.1 Å². The highest BCUT2D eigenvalue weighted by Crippen LogP contribution is 2.26. The van der Waals surface area contributed by atoms with Crippen LogP contribution in [-0.4, -0.2) is 40.8 Å². The van der Waals surface area contributed by atoms with Crippen molar-refractivity contribution < 1.29 is 22.6 Å². The van der Waals surface area contributed by atoms with Crippen LogP contribution in [0.2, 0.25) is 13.1 Å². The monoisotopic (exact) mass is 332 g/mol. The first kappa shape index (κ1) is 20.1. The summed E-state index contributed by atoms with van der Waals surface area (Å²) in [6.07, 6.45) is 2.94. The Hall–Kier alpha value is -0.926. The lowest BCUT2D eigenvalue weighted by atomic mass is 10.2. The summed E-state index contributed by atoms with van der Waals surface area (Å²) in [5.41, 5.74) is -1.16. The first-order valence-electron chi connectivity index (χ1n) is 6.53. The molecule has 0 aliphatic heterocycles. The molecular formula is C12H24N2O5Si2. The summed E-state index contributed by atoms with van der Waals surface area (Å²) in [7, 11) is -6.58. The molecule has 0 aromatic rings. The van der Waals surface area contributed by atoms with Crippen molar-refractivity contribution in [3.63, 3.8) is 0 Å². The minimum atomic E-state index is -3.29. The second-order valence-corrected chi connectivity index (χ2v) is 12.0. The molecule has 0 heterocycles. The molecule has 0 aromatic carbocycles. The summed E-state index contributed by atoms with van der Waals surface area (Å²) in [4.78, 5) is 21.4. The largest absolute Gasteiger partial charge is 0.478 e. The normalized spacial score (nSPS) is 17.9. The van der Waals surface area contributed by atoms with E-state index in [0.717, 1.165) is 0 Å². The van der Waals surface area contributed by atoms with Crippen LogP contribution in [0.1, 0.15) is 41.5 Å². The summed E-state index contributed by atoms with van der Waals surface area (Å²) in [6, 6.07) is 0. The van der Waals surface area contributed by atoms with E-state index in [-0.39, 0.29) is 0 Å². The third kappa shape index (κ3) is 8.84. The number of hydrogen-bond donors (Lipinski definition) is 0. The standard InChI is InChI=1S/C12H24N2O5Si2/c1-11(2,3)17-20(7,13-9-15)19-21(8,14-10-16)18-12(4,5)6/h1-8H3. The van der Waals surface area contributed by atoms with Gasteiger partial charge in [-0.15, -0.1) is 0 Å². The second kappa shape index (κ2) is 6.89. The first-order chi connectivity index (χ1) is 9.24. The zero-order chi connectivity index (χ0) is 16.9. The maximum atomic E-state index is 10.7. The Morgan fingerprint density at radius 3 is 1.24 bits per heavy atom. The zero-order valence-electron chi connectivity index (χ0n) is 13.9. The number of hydrogen-bond acceptors (Lipinski definition) is 7. The van der Waals surface area contributed by atoms with Gasteiger partial charge in [-0.3, -0.25) is 0 Å². The van der Waals surface area contributed by atoms with Crippen molar-refractivity contribution in [1.82, 2.24) is 0 Å². The quantitative estimate of drug-likeness (QED) is 0.423. The first-order valence-corrected chi connectivity index (χ1v) is 11.1. The minimum absolute atomic E-state index is 0.580. The van der Waals surface area contributed by atoms with Crippen LogP contribution in [0.3, 0.4) is 0 Å². The number of rotatable bonds is 6. The van der Waals surface area contributed by atoms with Crippen LogP contribution in [0, 0.1) is 0 Å². The minimum Gasteiger partial charge on any atom is -0.379 e. The Balaban J connectivity index is 5.53. The van der Waals surface area contributed by atoms with Crippen molar-refractivity contribution in [3.05, 3.63) is 0 Å². The van der Waals surface area contributed by atoms with Crippen molar-refractivity contribution >= 4 is 29.6 Å². The second-order valence-electron chi connectivity index (χ2n) is 6.73. The molecule has 0 fully saturated rings. The van der Waals surface area contributed by atoms with Gasteiger partial charge in [-0.25, -0.2) is 9.59 Å². The maximum Gasteiger partial charge on any atom is 0.478 e. The van der Waals surface area contributed by atoms with Gasteiger partial charge in [0.15, 0.2) is 0 Å². The highest BCUT2D eigenvalue weighted by molar-refractivity contribution is 6.79. The lowest BCUT2D eigenvalue weighted by molar-refractivity contribution is 0.0577. The van der Waals surface area contributed by atoms with Crippen molar-refractivity contribution in [2.24, 2.45) is 9.32 Å². The van der Waals surface area contributed by atoms with Gasteiger partial charge in [-0.1, -0.05) is 0 Å². The molecule has 0 bridgehead atoms. The van der Waals surface area contributed by atoms with Gasteiger partial charge in [0.05, 0.1) is 11.2 Å². The molecule has 2 unspecified atom stereocenters. The number of isocyanates is 2. The van der Waals surface area contributed by atoms with Crippen LogP contribution in [0.25, 0.3) is 0 Å². The molecule has 7 nitrogen and oxygen atoms in total. The van der Waals surface area contributed by atoms with E-state index in [1.807, 2.05) is 41.5 Å². The molecule has 120 valence electrons. The van der Waals surface area contributed by atoms with Gasteiger partial charge >= 0.3 is 17.4 Å². The predicted molar refractivity (Wildman–Crippen MR) is 82.2 cm³/mol. The summed E-state index contributed by atoms with van der Waals surface area (Å²) in [5, 5.41) is 0. The molecule has 0 saturated carbocycles. The fourth-order valence-corrected chi connectivity index (χ4v) is 7.99. The van der Waals surface area contributed by atoms with Crippen LogP contribution in [0.5, 0.6) is 0 Å². The van der Waals surface area contributed by atoms with Crippen LogP contribution in [-0.2, 0) is 22.6 Å². The van der Waals surface area contributed by atoms with E-state index in [1.165, 1.54) is 12.2 Å². The third-order valence-corrected chi connectivity index (χ3v) is 7.87. The molecule has 0 spiro atoms. The number of nitrogens with zero attached hydrogens (tertiary/aromatic N) is 2. The van der Waals surface area contributed by atoms with Crippen molar-refractivity contribution in [2.75, 3.05) is 0 Å². The zero-order valence-corrected chi connectivity index (χ0v) is 15.9. The van der Waals surface area contributed by atoms with E-state index in [4.69, 9.17) is 13.0 Å². The maximum absolute atomic E-state index is 10.7. The highest BCUT2D eigenvalue weighted by Gasteiger charge is 2.49. The van der Waals surface area contributed by atoms with Gasteiger partial charge in [0.1, 0.15) is 0 Å². The van der Waals surface area contributed by atoms with Crippen LogP contribution in [0.4, 0.5) is 0 Å². The van der Waals surface area contributed by atoms with E-state index >= 15 is 0 Å². The van der Waals surface area contributed by atoms with Gasteiger partial charge in [0.2, 0.25) is 12.2 Å². The van der Waals surface area contributed by atoms with E-state index in [9.17, 15) is 9.59 Å². The summed E-state index contributed by atoms with van der Waals surface area (Å²) in [5.74, 6) is 0. The third-order valence-electron chi connectivity index (χ3n) is 1.87. The van der Waals surface area contributed by atoms with Crippen molar-refractivity contribution in [1.29, 1.82) is 0 Å². The lowest BCUT2D eigenvalue weighted by Crippen LogP contribution is -2.55. The average Bonchev–Trinajstić information content (AvgIpc) is 2.08. The molecule has 0 aromatic heterocycles. The summed E-state index contributed by atoms with van der Waals surface area (Å²) in [6.45, 7) is 14.1. The fourth-order valence-electron chi connectivity index (χ4n) is 1.79. The van der Waals surface area contributed by atoms with Crippen LogP contribution in [0.15, 0.2) is 9.32 Å². The van der Waals surface area contributed by atoms with Crippen LogP contribution >= 0.6 is 0 Å². The number of carbonyl (C=O) groups excluding carboxylic acids is 2. The van der Waals surface area contributed by atoms with E-state index < -0.39 is 28.6 Å². The van der Waals surface area contributed by atoms with E-state index in [2.05, 4.69) is 9.32 Å². The van der Waals surface area contributed by atoms with Crippen molar-refractivity contribution in [2.45, 2.75) is 65.8 Å². The molecule has 0 saturated heterocycles. The topological polar surface area (TPSA) is 86.5 Å². The Morgan fingerprint density at radius 1 is 0.762 bits per heavy atom. The van der Waals surface area contributed by atoms with Gasteiger partial charge in [0, 0.05) is 13.1 Å². The van der Waals surface area contributed by atoms with E-state index in [0.29, 0.717) is 0 Å². The Kier molecular flexibility index (Phi) is 6.59.